The van der Waals surface area contributed by atoms with Gasteiger partial charge < -0.3 is 19.9 Å². The van der Waals surface area contributed by atoms with E-state index in [1.807, 2.05) is 12.1 Å². The summed E-state index contributed by atoms with van der Waals surface area (Å²) in [6.45, 7) is 0.649. The first-order chi connectivity index (χ1) is 11.1. The number of hydrogen-bond acceptors (Lipinski definition) is 6. The Kier molecular flexibility index (Phi) is 5.86. The van der Waals surface area contributed by atoms with Gasteiger partial charge in [0.25, 0.3) is 0 Å². The first kappa shape index (κ1) is 17.1. The third kappa shape index (κ3) is 4.16. The molecule has 2 heterocycles. The molecule has 2 aromatic heterocycles. The molecule has 0 atom stereocenters. The molecule has 3 N–H and O–H groups in total. The maximum absolute atomic E-state index is 11.9. The van der Waals surface area contributed by atoms with E-state index in [-0.39, 0.29) is 25.5 Å². The molecule has 0 aliphatic rings. The quantitative estimate of drug-likeness (QED) is 0.660. The van der Waals surface area contributed by atoms with Crippen LogP contribution in [0.2, 0.25) is 0 Å². The molecule has 0 unspecified atom stereocenters. The highest BCUT2D eigenvalue weighted by atomic mass is 16.3. The maximum atomic E-state index is 11.9. The zero-order valence-corrected chi connectivity index (χ0v) is 13.0. The number of pyridine rings is 2. The molecule has 0 saturated carbocycles. The first-order valence-electron chi connectivity index (χ1n) is 7.31. The van der Waals surface area contributed by atoms with Crippen LogP contribution in [0.15, 0.2) is 35.3 Å². The van der Waals surface area contributed by atoms with Gasteiger partial charge in [0.15, 0.2) is 5.75 Å². The molecule has 0 spiro atoms. The highest BCUT2D eigenvalue weighted by Crippen LogP contribution is 2.18. The van der Waals surface area contributed by atoms with Gasteiger partial charge in [-0.2, -0.15) is 0 Å². The molecular formula is C16H21N3O4. The molecule has 0 aliphatic heterocycles. The number of nitrogens with zero attached hydrogens (tertiary/aromatic N) is 3. The Balaban J connectivity index is 2.48. The smallest absolute Gasteiger partial charge is 0.223 e. The zero-order chi connectivity index (χ0) is 16.8. The summed E-state index contributed by atoms with van der Waals surface area (Å²) < 4.78 is 1.69. The second kappa shape index (κ2) is 7.87. The minimum Gasteiger partial charge on any atom is -0.503 e. The summed E-state index contributed by atoms with van der Waals surface area (Å²) in [5.74, 6) is -0.345. The standard InChI is InChI=1S/C16H21N3O4/c1-18(6-7-20)10-14-16(23)15(22)8-13(11-21)19(14)9-12-4-2-3-5-17-12/h2-5,8,20-21,23H,6-7,9-11H2,1H3. The maximum Gasteiger partial charge on any atom is 0.223 e. The van der Waals surface area contributed by atoms with E-state index in [9.17, 15) is 15.0 Å². The normalized spacial score (nSPS) is 11.1. The van der Waals surface area contributed by atoms with Crippen LogP contribution < -0.4 is 5.43 Å². The predicted molar refractivity (Wildman–Crippen MR) is 85.0 cm³/mol. The van der Waals surface area contributed by atoms with E-state index in [0.29, 0.717) is 24.5 Å². The van der Waals surface area contributed by atoms with Crippen molar-refractivity contribution in [2.24, 2.45) is 0 Å². The van der Waals surface area contributed by atoms with E-state index in [0.717, 1.165) is 5.69 Å². The summed E-state index contributed by atoms with van der Waals surface area (Å²) >= 11 is 0. The van der Waals surface area contributed by atoms with Crippen molar-refractivity contribution < 1.29 is 15.3 Å². The molecule has 0 radical (unpaired) electrons. The van der Waals surface area contributed by atoms with Crippen molar-refractivity contribution in [2.75, 3.05) is 20.2 Å². The van der Waals surface area contributed by atoms with E-state index < -0.39 is 5.43 Å². The van der Waals surface area contributed by atoms with Crippen molar-refractivity contribution in [3.8, 4) is 5.75 Å². The van der Waals surface area contributed by atoms with Crippen molar-refractivity contribution in [3.63, 3.8) is 0 Å². The first-order valence-corrected chi connectivity index (χ1v) is 7.31. The lowest BCUT2D eigenvalue weighted by molar-refractivity contribution is 0.211. The van der Waals surface area contributed by atoms with Gasteiger partial charge in [-0.3, -0.25) is 14.7 Å². The van der Waals surface area contributed by atoms with Crippen LogP contribution in [-0.2, 0) is 19.7 Å². The average molecular weight is 319 g/mol. The number of aliphatic hydroxyl groups is 2. The third-order valence-corrected chi connectivity index (χ3v) is 3.59. The number of aromatic hydroxyl groups is 1. The van der Waals surface area contributed by atoms with Crippen LogP contribution in [0, 0.1) is 0 Å². The summed E-state index contributed by atoms with van der Waals surface area (Å²) in [6, 6.07) is 6.71. The largest absolute Gasteiger partial charge is 0.503 e. The van der Waals surface area contributed by atoms with E-state index in [2.05, 4.69) is 4.98 Å². The van der Waals surface area contributed by atoms with Gasteiger partial charge in [-0.05, 0) is 19.2 Å². The highest BCUT2D eigenvalue weighted by molar-refractivity contribution is 5.31. The fraction of sp³-hybridized carbons (Fsp3) is 0.375. The van der Waals surface area contributed by atoms with Gasteiger partial charge in [0.05, 0.1) is 31.1 Å². The van der Waals surface area contributed by atoms with E-state index >= 15 is 0 Å². The molecule has 23 heavy (non-hydrogen) atoms. The van der Waals surface area contributed by atoms with Gasteiger partial charge in [-0.25, -0.2) is 0 Å². The Morgan fingerprint density at radius 2 is 2.09 bits per heavy atom. The lowest BCUT2D eigenvalue weighted by Gasteiger charge is -2.22. The second-order valence-corrected chi connectivity index (χ2v) is 5.32. The number of aliphatic hydroxyl groups excluding tert-OH is 2. The van der Waals surface area contributed by atoms with Crippen LogP contribution >= 0.6 is 0 Å². The number of likely N-dealkylation sites (N-methyl/N-ethyl adjacent to an activating group) is 1. The topological polar surface area (TPSA) is 98.8 Å². The second-order valence-electron chi connectivity index (χ2n) is 5.32. The monoisotopic (exact) mass is 319 g/mol. The fourth-order valence-electron chi connectivity index (χ4n) is 2.39. The SMILES string of the molecule is CN(CCO)Cc1c(O)c(=O)cc(CO)n1Cc1ccccn1. The summed E-state index contributed by atoms with van der Waals surface area (Å²) in [4.78, 5) is 17.9. The fourth-order valence-corrected chi connectivity index (χ4v) is 2.39. The van der Waals surface area contributed by atoms with E-state index in [4.69, 9.17) is 5.11 Å². The van der Waals surface area contributed by atoms with Crippen LogP contribution in [0.5, 0.6) is 5.75 Å². The van der Waals surface area contributed by atoms with Crippen LogP contribution in [0.3, 0.4) is 0 Å². The molecule has 0 amide bonds. The third-order valence-electron chi connectivity index (χ3n) is 3.59. The Morgan fingerprint density at radius 3 is 2.70 bits per heavy atom. The van der Waals surface area contributed by atoms with Gasteiger partial charge in [0, 0.05) is 31.0 Å². The lowest BCUT2D eigenvalue weighted by atomic mass is 10.2. The Bertz CT molecular complexity index is 700. The van der Waals surface area contributed by atoms with Crippen molar-refractivity contribution in [1.82, 2.24) is 14.5 Å². The van der Waals surface area contributed by atoms with Crippen molar-refractivity contribution in [2.45, 2.75) is 19.7 Å². The molecule has 124 valence electrons. The van der Waals surface area contributed by atoms with Crippen LogP contribution in [0.4, 0.5) is 0 Å². The number of aromatic nitrogens is 2. The minimum atomic E-state index is -0.529. The van der Waals surface area contributed by atoms with Gasteiger partial charge in [-0.15, -0.1) is 0 Å². The Labute approximate surface area is 134 Å². The average Bonchev–Trinajstić information content (AvgIpc) is 2.55. The van der Waals surface area contributed by atoms with Gasteiger partial charge in [0.2, 0.25) is 5.43 Å². The predicted octanol–water partition coefficient (Wildman–Crippen LogP) is -0.0864. The Hall–Kier alpha value is -2.22. The highest BCUT2D eigenvalue weighted by Gasteiger charge is 2.16. The van der Waals surface area contributed by atoms with Crippen LogP contribution in [0.1, 0.15) is 17.1 Å². The Morgan fingerprint density at radius 1 is 1.30 bits per heavy atom. The van der Waals surface area contributed by atoms with Crippen LogP contribution in [-0.4, -0.2) is 50.0 Å². The van der Waals surface area contributed by atoms with Gasteiger partial charge >= 0.3 is 0 Å². The van der Waals surface area contributed by atoms with Crippen molar-refractivity contribution in [1.29, 1.82) is 0 Å². The summed E-state index contributed by atoms with van der Waals surface area (Å²) in [6.07, 6.45) is 1.66. The van der Waals surface area contributed by atoms with Gasteiger partial charge in [-0.1, -0.05) is 6.07 Å². The molecule has 7 heteroatoms. The molecule has 0 bridgehead atoms. The number of hydrogen-bond donors (Lipinski definition) is 3. The molecule has 0 aromatic carbocycles. The molecule has 0 fully saturated rings. The molecule has 2 rings (SSSR count). The molecular weight excluding hydrogens is 298 g/mol. The molecule has 0 aliphatic carbocycles. The lowest BCUT2D eigenvalue weighted by Crippen LogP contribution is -2.27. The summed E-state index contributed by atoms with van der Waals surface area (Å²) in [5.41, 5.74) is 1.02. The molecule has 2 aromatic rings. The number of rotatable bonds is 7. The van der Waals surface area contributed by atoms with E-state index in [1.165, 1.54) is 6.07 Å². The summed E-state index contributed by atoms with van der Waals surface area (Å²) in [5, 5.41) is 28.7. The van der Waals surface area contributed by atoms with Crippen LogP contribution in [0.25, 0.3) is 0 Å². The molecule has 7 nitrogen and oxygen atoms in total. The van der Waals surface area contributed by atoms with Crippen molar-refractivity contribution in [3.05, 3.63) is 57.8 Å². The van der Waals surface area contributed by atoms with Crippen molar-refractivity contribution >= 4 is 0 Å². The summed E-state index contributed by atoms with van der Waals surface area (Å²) in [7, 11) is 1.77. The zero-order valence-electron chi connectivity index (χ0n) is 13.0. The minimum absolute atomic E-state index is 0.0264. The van der Waals surface area contributed by atoms with E-state index in [1.54, 1.807) is 28.8 Å². The van der Waals surface area contributed by atoms with Gasteiger partial charge in [0.1, 0.15) is 0 Å². The molecule has 0 saturated heterocycles.